The summed E-state index contributed by atoms with van der Waals surface area (Å²) in [6.45, 7) is 2.33. The van der Waals surface area contributed by atoms with E-state index in [0.717, 1.165) is 36.8 Å². The lowest BCUT2D eigenvalue weighted by Crippen LogP contribution is -2.42. The minimum Gasteiger partial charge on any atom is -0.493 e. The van der Waals surface area contributed by atoms with Crippen molar-refractivity contribution in [3.05, 3.63) is 87.9 Å². The lowest BCUT2D eigenvalue weighted by molar-refractivity contribution is -0.122. The van der Waals surface area contributed by atoms with Gasteiger partial charge in [-0.05, 0) is 49.6 Å². The largest absolute Gasteiger partial charge is 0.493 e. The molecule has 7 nitrogen and oxygen atoms in total. The Labute approximate surface area is 235 Å². The van der Waals surface area contributed by atoms with Crippen molar-refractivity contribution in [2.45, 2.75) is 57.7 Å². The molecule has 8 heteroatoms. The molecule has 3 aromatic rings. The topological polar surface area (TPSA) is 88.7 Å². The van der Waals surface area contributed by atoms with Gasteiger partial charge in [-0.1, -0.05) is 72.8 Å². The number of aryl methyl sites for hydroxylation is 1. The van der Waals surface area contributed by atoms with Crippen LogP contribution in [0.5, 0.6) is 11.5 Å². The third-order valence-corrected chi connectivity index (χ3v) is 7.27. The van der Waals surface area contributed by atoms with E-state index in [4.69, 9.17) is 21.1 Å². The van der Waals surface area contributed by atoms with Crippen molar-refractivity contribution in [1.29, 1.82) is 0 Å². The van der Waals surface area contributed by atoms with Gasteiger partial charge in [0.25, 0.3) is 5.91 Å². The number of anilines is 1. The molecule has 4 rings (SSSR count). The summed E-state index contributed by atoms with van der Waals surface area (Å²) in [6, 6.07) is 17.8. The first-order valence-corrected chi connectivity index (χ1v) is 13.7. The molecule has 1 saturated carbocycles. The highest BCUT2D eigenvalue weighted by Gasteiger charge is 2.31. The van der Waals surface area contributed by atoms with E-state index in [1.165, 1.54) is 20.6 Å². The number of ether oxygens (including phenoxy) is 2. The zero-order valence-corrected chi connectivity index (χ0v) is 23.4. The van der Waals surface area contributed by atoms with Crippen LogP contribution >= 0.6 is 11.6 Å². The molecular formula is C31H36ClN3O4. The summed E-state index contributed by atoms with van der Waals surface area (Å²) in [6.07, 6.45) is 5.22. The highest BCUT2D eigenvalue weighted by molar-refractivity contribution is 6.30. The quantitative estimate of drug-likeness (QED) is 0.280. The second-order valence-corrected chi connectivity index (χ2v) is 10.3. The number of benzene rings is 3. The van der Waals surface area contributed by atoms with Crippen LogP contribution in [0.3, 0.4) is 0 Å². The predicted octanol–water partition coefficient (Wildman–Crippen LogP) is 6.20. The number of nitrogens with one attached hydrogen (secondary N) is 3. The molecule has 2 amide bonds. The molecule has 39 heavy (non-hydrogen) atoms. The van der Waals surface area contributed by atoms with Gasteiger partial charge in [-0.15, -0.1) is 0 Å². The third-order valence-electron chi connectivity index (χ3n) is 7.04. The molecule has 1 fully saturated rings. The molecule has 3 aromatic carbocycles. The van der Waals surface area contributed by atoms with E-state index in [-0.39, 0.29) is 29.2 Å². The summed E-state index contributed by atoms with van der Waals surface area (Å²) < 4.78 is 11.2. The van der Waals surface area contributed by atoms with Gasteiger partial charge in [-0.25, -0.2) is 0 Å². The fourth-order valence-corrected chi connectivity index (χ4v) is 5.14. The molecule has 0 heterocycles. The minimum atomic E-state index is -0.884. The van der Waals surface area contributed by atoms with Gasteiger partial charge < -0.3 is 25.4 Å². The summed E-state index contributed by atoms with van der Waals surface area (Å²) in [5, 5.41) is 10.1. The maximum absolute atomic E-state index is 13.8. The predicted molar refractivity (Wildman–Crippen MR) is 155 cm³/mol. The molecule has 206 valence electrons. The van der Waals surface area contributed by atoms with Crippen LogP contribution in [0, 0.1) is 6.92 Å². The number of hydrogen-bond donors (Lipinski definition) is 3. The molecule has 1 unspecified atom stereocenters. The summed E-state index contributed by atoms with van der Waals surface area (Å²) in [5.41, 5.74) is 3.47. The zero-order chi connectivity index (χ0) is 27.8. The van der Waals surface area contributed by atoms with Crippen molar-refractivity contribution in [1.82, 2.24) is 10.6 Å². The van der Waals surface area contributed by atoms with Gasteiger partial charge in [0.15, 0.2) is 11.5 Å². The van der Waals surface area contributed by atoms with Crippen molar-refractivity contribution in [3.63, 3.8) is 0 Å². The van der Waals surface area contributed by atoms with E-state index in [1.54, 1.807) is 24.3 Å². The van der Waals surface area contributed by atoms with Gasteiger partial charge >= 0.3 is 0 Å². The van der Waals surface area contributed by atoms with E-state index >= 15 is 0 Å². The number of halogens is 1. The van der Waals surface area contributed by atoms with E-state index in [0.29, 0.717) is 28.6 Å². The third kappa shape index (κ3) is 7.24. The lowest BCUT2D eigenvalue weighted by Gasteiger charge is -2.28. The smallest absolute Gasteiger partial charge is 0.255 e. The lowest BCUT2D eigenvalue weighted by atomic mass is 9.93. The van der Waals surface area contributed by atoms with Gasteiger partial charge in [0.05, 0.1) is 19.8 Å². The number of carbonyl (C=O) groups excluding carboxylic acids is 2. The molecule has 0 aliphatic heterocycles. The Kier molecular flexibility index (Phi) is 9.71. The maximum atomic E-state index is 13.8. The SMILES string of the molecule is COc1ccc(C(Nc2cccc(Cl)c2)C(=O)NC2CCCCC2)c(C(=O)NCc2ccc(C)cc2)c1OC. The van der Waals surface area contributed by atoms with Crippen LogP contribution in [-0.2, 0) is 11.3 Å². The molecular weight excluding hydrogens is 514 g/mol. The Balaban J connectivity index is 1.73. The van der Waals surface area contributed by atoms with Gasteiger partial charge in [-0.2, -0.15) is 0 Å². The zero-order valence-electron chi connectivity index (χ0n) is 22.7. The molecule has 1 aliphatic carbocycles. The molecule has 0 spiro atoms. The fraction of sp³-hybridized carbons (Fsp3) is 0.355. The number of hydrogen-bond acceptors (Lipinski definition) is 5. The van der Waals surface area contributed by atoms with Crippen LogP contribution in [0.15, 0.2) is 60.7 Å². The molecule has 1 aliphatic rings. The first-order valence-electron chi connectivity index (χ1n) is 13.3. The van der Waals surface area contributed by atoms with Gasteiger partial charge in [0.2, 0.25) is 5.91 Å². The van der Waals surface area contributed by atoms with Crippen molar-refractivity contribution < 1.29 is 19.1 Å². The molecule has 3 N–H and O–H groups in total. The highest BCUT2D eigenvalue weighted by atomic mass is 35.5. The van der Waals surface area contributed by atoms with Crippen molar-refractivity contribution in [2.75, 3.05) is 19.5 Å². The average Bonchev–Trinajstić information content (AvgIpc) is 2.95. The molecule has 0 radical (unpaired) electrons. The summed E-state index contributed by atoms with van der Waals surface area (Å²) in [7, 11) is 3.00. The van der Waals surface area contributed by atoms with Crippen LogP contribution in [0.1, 0.15) is 65.2 Å². The Hall–Kier alpha value is -3.71. The first-order chi connectivity index (χ1) is 18.9. The van der Waals surface area contributed by atoms with Gasteiger partial charge in [0.1, 0.15) is 6.04 Å². The van der Waals surface area contributed by atoms with Crippen molar-refractivity contribution in [2.24, 2.45) is 0 Å². The number of amides is 2. The average molecular weight is 550 g/mol. The number of rotatable bonds is 10. The van der Waals surface area contributed by atoms with E-state index < -0.39 is 6.04 Å². The molecule has 0 bridgehead atoms. The molecule has 0 saturated heterocycles. The minimum absolute atomic E-state index is 0.0915. The Morgan fingerprint density at radius 3 is 2.38 bits per heavy atom. The van der Waals surface area contributed by atoms with Crippen LogP contribution < -0.4 is 25.4 Å². The Morgan fingerprint density at radius 2 is 1.72 bits per heavy atom. The van der Waals surface area contributed by atoms with E-state index in [2.05, 4.69) is 16.0 Å². The number of methoxy groups -OCH3 is 2. The molecule has 1 atom stereocenters. The highest BCUT2D eigenvalue weighted by Crippen LogP contribution is 2.37. The van der Waals surface area contributed by atoms with E-state index in [9.17, 15) is 9.59 Å². The second-order valence-electron chi connectivity index (χ2n) is 9.86. The summed E-state index contributed by atoms with van der Waals surface area (Å²) in [5.74, 6) is 0.0714. The maximum Gasteiger partial charge on any atom is 0.255 e. The standard InChI is InChI=1S/C31H36ClN3O4/c1-20-12-14-21(15-13-20)19-33-30(36)27-25(16-17-26(38-2)29(27)39-3)28(34-24-11-7-8-22(32)18-24)31(37)35-23-9-5-4-6-10-23/h7-8,11-18,23,28,34H,4-6,9-10,19H2,1-3H3,(H,33,36)(H,35,37). The Bertz CT molecular complexity index is 1290. The first kappa shape index (κ1) is 28.3. The van der Waals surface area contributed by atoms with Crippen LogP contribution in [0.2, 0.25) is 5.02 Å². The summed E-state index contributed by atoms with van der Waals surface area (Å²) in [4.78, 5) is 27.6. The monoisotopic (exact) mass is 549 g/mol. The normalized spacial score (nSPS) is 14.3. The number of carbonyl (C=O) groups is 2. The van der Waals surface area contributed by atoms with Crippen molar-refractivity contribution in [3.8, 4) is 11.5 Å². The fourth-order valence-electron chi connectivity index (χ4n) is 4.95. The van der Waals surface area contributed by atoms with Gasteiger partial charge in [-0.3, -0.25) is 9.59 Å². The second kappa shape index (κ2) is 13.4. The van der Waals surface area contributed by atoms with Crippen molar-refractivity contribution >= 4 is 29.1 Å². The summed E-state index contributed by atoms with van der Waals surface area (Å²) >= 11 is 6.25. The van der Waals surface area contributed by atoms with Crippen LogP contribution in [-0.4, -0.2) is 32.1 Å². The van der Waals surface area contributed by atoms with Crippen LogP contribution in [0.4, 0.5) is 5.69 Å². The molecule has 0 aromatic heterocycles. The van der Waals surface area contributed by atoms with Crippen LogP contribution in [0.25, 0.3) is 0 Å². The van der Waals surface area contributed by atoms with E-state index in [1.807, 2.05) is 43.3 Å². The Morgan fingerprint density at radius 1 is 0.974 bits per heavy atom. The van der Waals surface area contributed by atoms with Gasteiger partial charge in [0, 0.05) is 28.9 Å².